The molecule has 0 bridgehead atoms. The van der Waals surface area contributed by atoms with Gasteiger partial charge in [0.25, 0.3) is 0 Å². The molecule has 0 N–H and O–H groups in total. The first kappa shape index (κ1) is 23.1. The zero-order valence-electron chi connectivity index (χ0n) is 18.5. The molecule has 1 atom stereocenters. The summed E-state index contributed by atoms with van der Waals surface area (Å²) in [5, 5.41) is 0.645. The van der Waals surface area contributed by atoms with Crippen molar-refractivity contribution in [1.29, 1.82) is 0 Å². The van der Waals surface area contributed by atoms with Gasteiger partial charge in [0.1, 0.15) is 5.60 Å². The van der Waals surface area contributed by atoms with E-state index in [1.54, 1.807) is 16.0 Å². The summed E-state index contributed by atoms with van der Waals surface area (Å²) in [4.78, 5) is 33.7. The molecule has 1 aromatic heterocycles. The number of rotatable bonds is 4. The van der Waals surface area contributed by atoms with E-state index in [-0.39, 0.29) is 24.0 Å². The van der Waals surface area contributed by atoms with Crippen LogP contribution in [0.3, 0.4) is 0 Å². The third-order valence-electron chi connectivity index (χ3n) is 5.38. The standard InChI is InChI=1S/C24H30ClN3O3/c1-24(2,3)31-23(30)28-15-12-18(13-16-28)22(29)27(4)21(20-7-5-6-14-26-20)17-8-10-19(25)11-9-17/h5-11,14,18,21H,12-13,15-16H2,1-4H3. The first-order valence-electron chi connectivity index (χ1n) is 10.6. The molecule has 6 nitrogen and oxygen atoms in total. The minimum Gasteiger partial charge on any atom is -0.444 e. The van der Waals surface area contributed by atoms with Gasteiger partial charge in [-0.2, -0.15) is 0 Å². The number of nitrogens with zero attached hydrogens (tertiary/aromatic N) is 3. The maximum atomic E-state index is 13.4. The summed E-state index contributed by atoms with van der Waals surface area (Å²) in [5.41, 5.74) is 1.22. The molecule has 1 fully saturated rings. The first-order chi connectivity index (χ1) is 14.7. The molecule has 1 saturated heterocycles. The maximum absolute atomic E-state index is 13.4. The van der Waals surface area contributed by atoms with Gasteiger partial charge in [-0.05, 0) is 63.4 Å². The Bertz CT molecular complexity index is 889. The lowest BCUT2D eigenvalue weighted by molar-refractivity contribution is -0.137. The Balaban J connectivity index is 1.72. The van der Waals surface area contributed by atoms with Crippen LogP contribution in [-0.4, -0.2) is 52.5 Å². The second-order valence-electron chi connectivity index (χ2n) is 8.90. The molecule has 1 unspecified atom stereocenters. The summed E-state index contributed by atoms with van der Waals surface area (Å²) in [5.74, 6) is -0.100. The van der Waals surface area contributed by atoms with Crippen LogP contribution in [0.2, 0.25) is 5.02 Å². The second-order valence-corrected chi connectivity index (χ2v) is 9.34. The molecule has 2 aromatic rings. The van der Waals surface area contributed by atoms with Crippen molar-refractivity contribution < 1.29 is 14.3 Å². The van der Waals surface area contributed by atoms with Gasteiger partial charge in [0.05, 0.1) is 11.7 Å². The van der Waals surface area contributed by atoms with Gasteiger partial charge in [0, 0.05) is 37.3 Å². The molecule has 1 aromatic carbocycles. The van der Waals surface area contributed by atoms with E-state index in [2.05, 4.69) is 4.98 Å². The van der Waals surface area contributed by atoms with Gasteiger partial charge in [0.2, 0.25) is 5.91 Å². The minimum absolute atomic E-state index is 0.0504. The highest BCUT2D eigenvalue weighted by Crippen LogP contribution is 2.30. The van der Waals surface area contributed by atoms with E-state index in [0.717, 1.165) is 11.3 Å². The van der Waals surface area contributed by atoms with E-state index >= 15 is 0 Å². The van der Waals surface area contributed by atoms with Crippen LogP contribution in [0.25, 0.3) is 0 Å². The monoisotopic (exact) mass is 443 g/mol. The average Bonchev–Trinajstić information content (AvgIpc) is 2.74. The number of amides is 2. The number of halogens is 1. The lowest BCUT2D eigenvalue weighted by Crippen LogP contribution is -2.45. The SMILES string of the molecule is CN(C(=O)C1CCN(C(=O)OC(C)(C)C)CC1)C(c1ccc(Cl)cc1)c1ccccn1. The van der Waals surface area contributed by atoms with Crippen molar-refractivity contribution in [2.45, 2.75) is 45.3 Å². The van der Waals surface area contributed by atoms with Crippen molar-refractivity contribution in [1.82, 2.24) is 14.8 Å². The molecule has 31 heavy (non-hydrogen) atoms. The number of carbonyl (C=O) groups excluding carboxylic acids is 2. The predicted octanol–water partition coefficient (Wildman–Crippen LogP) is 4.93. The molecule has 3 rings (SSSR count). The molecule has 0 spiro atoms. The van der Waals surface area contributed by atoms with Crippen molar-refractivity contribution in [2.24, 2.45) is 5.92 Å². The highest BCUT2D eigenvalue weighted by molar-refractivity contribution is 6.30. The maximum Gasteiger partial charge on any atom is 0.410 e. The lowest BCUT2D eigenvalue weighted by Gasteiger charge is -2.36. The Hall–Kier alpha value is -2.60. The molecule has 1 aliphatic rings. The van der Waals surface area contributed by atoms with Crippen LogP contribution in [0, 0.1) is 5.92 Å². The number of hydrogen-bond donors (Lipinski definition) is 0. The van der Waals surface area contributed by atoms with Crippen molar-refractivity contribution >= 4 is 23.6 Å². The number of benzene rings is 1. The largest absolute Gasteiger partial charge is 0.444 e. The van der Waals surface area contributed by atoms with Crippen LogP contribution in [0.5, 0.6) is 0 Å². The summed E-state index contributed by atoms with van der Waals surface area (Å²) >= 11 is 6.07. The summed E-state index contributed by atoms with van der Waals surface area (Å²) in [6.07, 6.45) is 2.63. The quantitative estimate of drug-likeness (QED) is 0.672. The molecule has 0 aliphatic carbocycles. The fourth-order valence-corrected chi connectivity index (χ4v) is 3.95. The van der Waals surface area contributed by atoms with Gasteiger partial charge >= 0.3 is 6.09 Å². The normalized spacial score (nSPS) is 16.0. The Morgan fingerprint density at radius 3 is 2.32 bits per heavy atom. The van der Waals surface area contributed by atoms with Gasteiger partial charge in [-0.15, -0.1) is 0 Å². The molecule has 0 saturated carbocycles. The van der Waals surface area contributed by atoms with Crippen molar-refractivity contribution in [3.63, 3.8) is 0 Å². The lowest BCUT2D eigenvalue weighted by atomic mass is 9.93. The molecule has 2 heterocycles. The van der Waals surface area contributed by atoms with Gasteiger partial charge in [-0.1, -0.05) is 29.8 Å². The number of ether oxygens (including phenoxy) is 1. The fourth-order valence-electron chi connectivity index (χ4n) is 3.83. The smallest absolute Gasteiger partial charge is 0.410 e. The van der Waals surface area contributed by atoms with Crippen molar-refractivity contribution in [3.05, 3.63) is 64.9 Å². The van der Waals surface area contributed by atoms with Crippen LogP contribution in [0.1, 0.15) is 50.9 Å². The number of carbonyl (C=O) groups is 2. The predicted molar refractivity (Wildman–Crippen MR) is 121 cm³/mol. The highest BCUT2D eigenvalue weighted by atomic mass is 35.5. The van der Waals surface area contributed by atoms with Crippen molar-refractivity contribution in [3.8, 4) is 0 Å². The van der Waals surface area contributed by atoms with Crippen LogP contribution in [0.15, 0.2) is 48.7 Å². The number of likely N-dealkylation sites (tertiary alicyclic amines) is 1. The molecule has 0 radical (unpaired) electrons. The fraction of sp³-hybridized carbons (Fsp3) is 0.458. The van der Waals surface area contributed by atoms with E-state index in [1.807, 2.05) is 70.3 Å². The molecular formula is C24H30ClN3O3. The molecule has 2 amide bonds. The van der Waals surface area contributed by atoms with E-state index in [1.165, 1.54) is 0 Å². The zero-order chi connectivity index (χ0) is 22.6. The molecule has 7 heteroatoms. The summed E-state index contributed by atoms with van der Waals surface area (Å²) in [6, 6.07) is 12.9. The number of hydrogen-bond acceptors (Lipinski definition) is 4. The third kappa shape index (κ3) is 5.97. The Morgan fingerprint density at radius 1 is 1.13 bits per heavy atom. The van der Waals surface area contributed by atoms with E-state index < -0.39 is 5.60 Å². The summed E-state index contributed by atoms with van der Waals surface area (Å²) in [7, 11) is 1.82. The van der Waals surface area contributed by atoms with Crippen LogP contribution >= 0.6 is 11.6 Å². The van der Waals surface area contributed by atoms with Crippen LogP contribution < -0.4 is 0 Å². The van der Waals surface area contributed by atoms with Crippen LogP contribution in [-0.2, 0) is 9.53 Å². The number of aromatic nitrogens is 1. The zero-order valence-corrected chi connectivity index (χ0v) is 19.3. The molecule has 166 valence electrons. The Labute approximate surface area is 189 Å². The third-order valence-corrected chi connectivity index (χ3v) is 5.64. The van der Waals surface area contributed by atoms with E-state index in [9.17, 15) is 9.59 Å². The number of piperidine rings is 1. The van der Waals surface area contributed by atoms with Gasteiger partial charge in [-0.25, -0.2) is 4.79 Å². The Morgan fingerprint density at radius 2 is 1.77 bits per heavy atom. The second kappa shape index (κ2) is 9.69. The summed E-state index contributed by atoms with van der Waals surface area (Å²) < 4.78 is 5.46. The van der Waals surface area contributed by atoms with Crippen LogP contribution in [0.4, 0.5) is 4.79 Å². The first-order valence-corrected chi connectivity index (χ1v) is 10.9. The van der Waals surface area contributed by atoms with Gasteiger partial charge in [-0.3, -0.25) is 9.78 Å². The summed E-state index contributed by atoms with van der Waals surface area (Å²) in [6.45, 7) is 6.57. The Kier molecular flexibility index (Phi) is 7.21. The van der Waals surface area contributed by atoms with E-state index in [0.29, 0.717) is 31.0 Å². The van der Waals surface area contributed by atoms with Gasteiger partial charge < -0.3 is 14.5 Å². The molecule has 1 aliphatic heterocycles. The number of pyridine rings is 1. The van der Waals surface area contributed by atoms with E-state index in [4.69, 9.17) is 16.3 Å². The highest BCUT2D eigenvalue weighted by Gasteiger charge is 2.34. The van der Waals surface area contributed by atoms with Gasteiger partial charge in [0.15, 0.2) is 0 Å². The minimum atomic E-state index is -0.529. The topological polar surface area (TPSA) is 62.7 Å². The molecular weight excluding hydrogens is 414 g/mol. The van der Waals surface area contributed by atoms with Crippen molar-refractivity contribution in [2.75, 3.05) is 20.1 Å². The average molecular weight is 444 g/mol.